The third-order valence-corrected chi connectivity index (χ3v) is 1.58. The predicted octanol–water partition coefficient (Wildman–Crippen LogP) is 1.58. The summed E-state index contributed by atoms with van der Waals surface area (Å²) < 4.78 is 0. The van der Waals surface area contributed by atoms with Gasteiger partial charge in [0, 0.05) is 18.4 Å². The molecule has 0 fully saturated rings. The Morgan fingerprint density at radius 1 is 1.60 bits per heavy atom. The van der Waals surface area contributed by atoms with Gasteiger partial charge < -0.3 is 0 Å². The second-order valence-electron chi connectivity index (χ2n) is 2.45. The lowest BCUT2D eigenvalue weighted by atomic mass is 10.1. The van der Waals surface area contributed by atoms with Gasteiger partial charge in [-0.1, -0.05) is 6.08 Å². The van der Waals surface area contributed by atoms with Crippen LogP contribution in [0.3, 0.4) is 0 Å². The van der Waals surface area contributed by atoms with Crippen LogP contribution >= 0.6 is 0 Å². The maximum absolute atomic E-state index is 10.9. The molecule has 0 atom stereocenters. The van der Waals surface area contributed by atoms with Gasteiger partial charge in [-0.2, -0.15) is 5.26 Å². The molecular weight excluding hydrogens is 126 g/mol. The molecular formula is C8H9NO. The average Bonchev–Trinajstić information content (AvgIpc) is 2.13. The smallest absolute Gasteiger partial charge is 0.138 e. The number of Topliss-reactive ketones (excluding diaryl/α,β-unsaturated/α-hetero) is 1. The largest absolute Gasteiger partial charge is 0.299 e. The van der Waals surface area contributed by atoms with Gasteiger partial charge in [-0.15, -0.1) is 0 Å². The fourth-order valence-electron chi connectivity index (χ4n) is 1.03. The summed E-state index contributed by atoms with van der Waals surface area (Å²) in [6.45, 7) is 0. The maximum Gasteiger partial charge on any atom is 0.138 e. The van der Waals surface area contributed by atoms with Crippen molar-refractivity contribution in [2.75, 3.05) is 0 Å². The molecule has 52 valence electrons. The summed E-state index contributed by atoms with van der Waals surface area (Å²) in [5, 5.41) is 8.46. The van der Waals surface area contributed by atoms with Gasteiger partial charge in [-0.3, -0.25) is 4.79 Å². The van der Waals surface area contributed by atoms with E-state index >= 15 is 0 Å². The fourth-order valence-corrected chi connectivity index (χ4v) is 1.03. The number of nitrogens with zero attached hydrogens (tertiary/aromatic N) is 1. The van der Waals surface area contributed by atoms with Crippen LogP contribution < -0.4 is 0 Å². The second-order valence-corrected chi connectivity index (χ2v) is 2.45. The summed E-state index contributed by atoms with van der Waals surface area (Å²) >= 11 is 0. The lowest BCUT2D eigenvalue weighted by molar-refractivity contribution is -0.118. The zero-order valence-corrected chi connectivity index (χ0v) is 5.76. The SMILES string of the molecule is N#CC1=CCCCC(=O)C1. The van der Waals surface area contributed by atoms with Crippen LogP contribution in [0.1, 0.15) is 25.7 Å². The molecule has 1 rings (SSSR count). The first-order valence-electron chi connectivity index (χ1n) is 3.44. The number of ketones is 1. The van der Waals surface area contributed by atoms with E-state index < -0.39 is 0 Å². The van der Waals surface area contributed by atoms with E-state index in [-0.39, 0.29) is 5.78 Å². The molecule has 0 spiro atoms. The number of hydrogen-bond donors (Lipinski definition) is 0. The van der Waals surface area contributed by atoms with E-state index in [2.05, 4.69) is 0 Å². The molecule has 1 aliphatic carbocycles. The lowest BCUT2D eigenvalue weighted by Crippen LogP contribution is -1.95. The summed E-state index contributed by atoms with van der Waals surface area (Å²) in [6.07, 6.45) is 4.65. The summed E-state index contributed by atoms with van der Waals surface area (Å²) in [5.41, 5.74) is 0.641. The molecule has 0 radical (unpaired) electrons. The van der Waals surface area contributed by atoms with Crippen LogP contribution in [0.5, 0.6) is 0 Å². The van der Waals surface area contributed by atoms with Gasteiger partial charge in [0.25, 0.3) is 0 Å². The average molecular weight is 135 g/mol. The van der Waals surface area contributed by atoms with E-state index in [4.69, 9.17) is 5.26 Å². The van der Waals surface area contributed by atoms with Crippen molar-refractivity contribution in [1.29, 1.82) is 5.26 Å². The number of nitriles is 1. The minimum atomic E-state index is 0.199. The highest BCUT2D eigenvalue weighted by Gasteiger charge is 2.08. The molecule has 0 aromatic rings. The molecule has 0 unspecified atom stereocenters. The number of rotatable bonds is 0. The minimum Gasteiger partial charge on any atom is -0.299 e. The molecule has 2 nitrogen and oxygen atoms in total. The molecule has 2 heteroatoms. The monoisotopic (exact) mass is 135 g/mol. The standard InChI is InChI=1S/C8H9NO/c9-6-7-3-1-2-4-8(10)5-7/h3H,1-2,4-5H2. The van der Waals surface area contributed by atoms with Crippen molar-refractivity contribution in [3.8, 4) is 6.07 Å². The Morgan fingerprint density at radius 3 is 3.10 bits per heavy atom. The molecule has 0 saturated heterocycles. The molecule has 0 amide bonds. The van der Waals surface area contributed by atoms with Crippen molar-refractivity contribution in [2.45, 2.75) is 25.7 Å². The first kappa shape index (κ1) is 7.01. The molecule has 0 aromatic carbocycles. The first-order valence-corrected chi connectivity index (χ1v) is 3.44. The molecule has 10 heavy (non-hydrogen) atoms. The zero-order valence-electron chi connectivity index (χ0n) is 5.76. The quantitative estimate of drug-likeness (QED) is 0.506. The van der Waals surface area contributed by atoms with Crippen LogP contribution in [0.4, 0.5) is 0 Å². The lowest BCUT2D eigenvalue weighted by Gasteiger charge is -1.89. The Hall–Kier alpha value is -1.10. The van der Waals surface area contributed by atoms with Crippen molar-refractivity contribution in [3.05, 3.63) is 11.6 Å². The highest BCUT2D eigenvalue weighted by atomic mass is 16.1. The molecule has 1 aliphatic rings. The summed E-state index contributed by atoms with van der Waals surface area (Å²) in [6, 6.07) is 2.01. The molecule has 0 aliphatic heterocycles. The van der Waals surface area contributed by atoms with Crippen molar-refractivity contribution < 1.29 is 4.79 Å². The van der Waals surface area contributed by atoms with E-state index in [9.17, 15) is 4.79 Å². The molecule has 0 heterocycles. The Balaban J connectivity index is 2.65. The molecule has 0 aromatic heterocycles. The number of allylic oxidation sites excluding steroid dienone is 2. The Labute approximate surface area is 60.2 Å². The number of carbonyl (C=O) groups excluding carboxylic acids is 1. The van der Waals surface area contributed by atoms with Gasteiger partial charge in [0.2, 0.25) is 0 Å². The molecule has 0 saturated carbocycles. The minimum absolute atomic E-state index is 0.199. The highest BCUT2D eigenvalue weighted by Crippen LogP contribution is 2.12. The summed E-state index contributed by atoms with van der Waals surface area (Å²) in [4.78, 5) is 10.9. The molecule has 0 N–H and O–H groups in total. The third kappa shape index (κ3) is 1.70. The zero-order chi connectivity index (χ0) is 7.40. The Morgan fingerprint density at radius 2 is 2.40 bits per heavy atom. The van der Waals surface area contributed by atoms with Crippen LogP contribution in [0.2, 0.25) is 0 Å². The van der Waals surface area contributed by atoms with Gasteiger partial charge in [-0.05, 0) is 12.8 Å². The van der Waals surface area contributed by atoms with Crippen LogP contribution in [0, 0.1) is 11.3 Å². The first-order chi connectivity index (χ1) is 4.83. The van der Waals surface area contributed by atoms with Crippen molar-refractivity contribution in [3.63, 3.8) is 0 Å². The van der Waals surface area contributed by atoms with Gasteiger partial charge >= 0.3 is 0 Å². The topological polar surface area (TPSA) is 40.9 Å². The van der Waals surface area contributed by atoms with Crippen LogP contribution in [-0.2, 0) is 4.79 Å². The third-order valence-electron chi connectivity index (χ3n) is 1.58. The number of hydrogen-bond acceptors (Lipinski definition) is 2. The van der Waals surface area contributed by atoms with E-state index in [1.807, 2.05) is 12.1 Å². The van der Waals surface area contributed by atoms with E-state index in [1.165, 1.54) is 0 Å². The van der Waals surface area contributed by atoms with Gasteiger partial charge in [0.1, 0.15) is 5.78 Å². The van der Waals surface area contributed by atoms with Crippen LogP contribution in [-0.4, -0.2) is 5.78 Å². The number of carbonyl (C=O) groups is 1. The summed E-state index contributed by atoms with van der Waals surface area (Å²) in [5.74, 6) is 0.199. The van der Waals surface area contributed by atoms with E-state index in [0.717, 1.165) is 12.8 Å². The summed E-state index contributed by atoms with van der Waals surface area (Å²) in [7, 11) is 0. The van der Waals surface area contributed by atoms with Gasteiger partial charge in [0.05, 0.1) is 6.07 Å². The Bertz CT molecular complexity index is 210. The molecule has 0 bridgehead atoms. The highest BCUT2D eigenvalue weighted by molar-refractivity contribution is 5.82. The van der Waals surface area contributed by atoms with Gasteiger partial charge in [0.15, 0.2) is 0 Å². The second kappa shape index (κ2) is 3.17. The fraction of sp³-hybridized carbons (Fsp3) is 0.500. The predicted molar refractivity (Wildman–Crippen MR) is 37.2 cm³/mol. The van der Waals surface area contributed by atoms with Crippen molar-refractivity contribution in [2.24, 2.45) is 0 Å². The van der Waals surface area contributed by atoms with Crippen LogP contribution in [0.15, 0.2) is 11.6 Å². The van der Waals surface area contributed by atoms with E-state index in [1.54, 1.807) is 0 Å². The van der Waals surface area contributed by atoms with Gasteiger partial charge in [-0.25, -0.2) is 0 Å². The Kier molecular flexibility index (Phi) is 2.22. The van der Waals surface area contributed by atoms with Crippen molar-refractivity contribution >= 4 is 5.78 Å². The normalized spacial score (nSPS) is 19.1. The maximum atomic E-state index is 10.9. The van der Waals surface area contributed by atoms with Crippen molar-refractivity contribution in [1.82, 2.24) is 0 Å². The van der Waals surface area contributed by atoms with Crippen LogP contribution in [0.25, 0.3) is 0 Å². The van der Waals surface area contributed by atoms with E-state index in [0.29, 0.717) is 18.4 Å².